The monoisotopic (exact) mass is 249 g/mol. The van der Waals surface area contributed by atoms with Crippen LogP contribution in [0.1, 0.15) is 26.2 Å². The molecule has 1 atom stereocenters. The van der Waals surface area contributed by atoms with Crippen LogP contribution in [0.25, 0.3) is 0 Å². The van der Waals surface area contributed by atoms with Gasteiger partial charge in [0.25, 0.3) is 0 Å². The van der Waals surface area contributed by atoms with Gasteiger partial charge in [-0.2, -0.15) is 0 Å². The van der Waals surface area contributed by atoms with Crippen LogP contribution in [-0.2, 0) is 19.4 Å². The fourth-order valence-electron chi connectivity index (χ4n) is 2.11. The maximum atomic E-state index is 11.6. The van der Waals surface area contributed by atoms with Crippen molar-refractivity contribution >= 4 is 15.8 Å². The van der Waals surface area contributed by atoms with Crippen molar-refractivity contribution in [1.29, 1.82) is 0 Å². The molecule has 5 nitrogen and oxygen atoms in total. The molecule has 1 aliphatic rings. The number of rotatable bonds is 4. The summed E-state index contributed by atoms with van der Waals surface area (Å²) in [5.74, 6) is -0.0943. The highest BCUT2D eigenvalue weighted by Crippen LogP contribution is 2.26. The van der Waals surface area contributed by atoms with E-state index in [-0.39, 0.29) is 23.9 Å². The van der Waals surface area contributed by atoms with E-state index in [1.807, 2.05) is 0 Å². The molecule has 1 fully saturated rings. The Balaban J connectivity index is 2.73. The average molecular weight is 249 g/mol. The SMILES string of the molecule is CCOC(=O)CC1(NC)CCCS(=O)(=O)C1. The second-order valence-electron chi connectivity index (χ2n) is 4.21. The number of ether oxygens (including phenoxy) is 1. The molecule has 0 amide bonds. The normalized spacial score (nSPS) is 28.6. The summed E-state index contributed by atoms with van der Waals surface area (Å²) in [6.45, 7) is 2.06. The lowest BCUT2D eigenvalue weighted by atomic mass is 9.92. The summed E-state index contributed by atoms with van der Waals surface area (Å²) >= 11 is 0. The van der Waals surface area contributed by atoms with E-state index >= 15 is 0 Å². The zero-order valence-corrected chi connectivity index (χ0v) is 10.6. The van der Waals surface area contributed by atoms with E-state index in [4.69, 9.17) is 4.74 Å². The Bertz CT molecular complexity index is 352. The van der Waals surface area contributed by atoms with Crippen molar-refractivity contribution < 1.29 is 17.9 Å². The van der Waals surface area contributed by atoms with Crippen molar-refractivity contribution in [2.24, 2.45) is 0 Å². The van der Waals surface area contributed by atoms with E-state index in [0.717, 1.165) is 0 Å². The third kappa shape index (κ3) is 3.45. The Kier molecular flexibility index (Phi) is 4.32. The third-order valence-electron chi connectivity index (χ3n) is 2.93. The van der Waals surface area contributed by atoms with Gasteiger partial charge in [-0.1, -0.05) is 0 Å². The standard InChI is InChI=1S/C10H19NO4S/c1-3-15-9(12)7-10(11-2)5-4-6-16(13,14)8-10/h11H,3-8H2,1-2H3. The Hall–Kier alpha value is -0.620. The lowest BCUT2D eigenvalue weighted by Crippen LogP contribution is -2.53. The topological polar surface area (TPSA) is 72.5 Å². The maximum Gasteiger partial charge on any atom is 0.307 e. The number of esters is 1. The van der Waals surface area contributed by atoms with Crippen LogP contribution in [-0.4, -0.2) is 45.1 Å². The van der Waals surface area contributed by atoms with Gasteiger partial charge in [-0.05, 0) is 26.8 Å². The summed E-state index contributed by atoms with van der Waals surface area (Å²) in [6, 6.07) is 0. The van der Waals surface area contributed by atoms with E-state index in [0.29, 0.717) is 19.4 Å². The van der Waals surface area contributed by atoms with Crippen LogP contribution in [0, 0.1) is 0 Å². The van der Waals surface area contributed by atoms with Gasteiger partial charge in [0, 0.05) is 5.54 Å². The molecule has 94 valence electrons. The zero-order chi connectivity index (χ0) is 12.2. The van der Waals surface area contributed by atoms with E-state index in [2.05, 4.69) is 5.32 Å². The minimum absolute atomic E-state index is 0.0231. The summed E-state index contributed by atoms with van der Waals surface area (Å²) in [7, 11) is -1.34. The smallest absolute Gasteiger partial charge is 0.307 e. The zero-order valence-electron chi connectivity index (χ0n) is 9.78. The molecule has 6 heteroatoms. The number of carbonyl (C=O) groups is 1. The lowest BCUT2D eigenvalue weighted by Gasteiger charge is -2.35. The molecule has 0 aromatic heterocycles. The number of nitrogens with one attached hydrogen (secondary N) is 1. The van der Waals surface area contributed by atoms with E-state index in [1.54, 1.807) is 14.0 Å². The summed E-state index contributed by atoms with van der Waals surface area (Å²) in [4.78, 5) is 11.4. The molecule has 0 saturated carbocycles. The van der Waals surface area contributed by atoms with Gasteiger partial charge < -0.3 is 10.1 Å². The first kappa shape index (κ1) is 13.4. The molecular weight excluding hydrogens is 230 g/mol. The largest absolute Gasteiger partial charge is 0.466 e. The highest BCUT2D eigenvalue weighted by molar-refractivity contribution is 7.91. The highest BCUT2D eigenvalue weighted by Gasteiger charge is 2.39. The molecule has 1 rings (SSSR count). The van der Waals surface area contributed by atoms with Gasteiger partial charge in [0.15, 0.2) is 9.84 Å². The second kappa shape index (κ2) is 5.14. The minimum atomic E-state index is -3.03. The molecule has 0 radical (unpaired) electrons. The van der Waals surface area contributed by atoms with Crippen molar-refractivity contribution in [3.63, 3.8) is 0 Å². The van der Waals surface area contributed by atoms with Crippen molar-refractivity contribution in [3.8, 4) is 0 Å². The van der Waals surface area contributed by atoms with Crippen LogP contribution in [0.2, 0.25) is 0 Å². The number of hydrogen-bond donors (Lipinski definition) is 1. The van der Waals surface area contributed by atoms with E-state index in [9.17, 15) is 13.2 Å². The number of carbonyl (C=O) groups excluding carboxylic acids is 1. The molecule has 0 aliphatic carbocycles. The van der Waals surface area contributed by atoms with Gasteiger partial charge in [-0.25, -0.2) is 8.42 Å². The predicted molar refractivity (Wildman–Crippen MR) is 60.9 cm³/mol. The molecule has 1 saturated heterocycles. The molecule has 0 aromatic rings. The Labute approximate surface area is 96.5 Å². The molecule has 1 heterocycles. The van der Waals surface area contributed by atoms with Crippen molar-refractivity contribution in [2.75, 3.05) is 25.2 Å². The molecule has 1 aliphatic heterocycles. The Morgan fingerprint density at radius 1 is 1.50 bits per heavy atom. The second-order valence-corrected chi connectivity index (χ2v) is 6.39. The van der Waals surface area contributed by atoms with Crippen LogP contribution in [0.15, 0.2) is 0 Å². The number of sulfone groups is 1. The first-order valence-corrected chi connectivity index (χ1v) is 7.30. The summed E-state index contributed by atoms with van der Waals surface area (Å²) in [5, 5.41) is 2.98. The Morgan fingerprint density at radius 2 is 2.19 bits per heavy atom. The average Bonchev–Trinajstić information content (AvgIpc) is 2.16. The first-order valence-electron chi connectivity index (χ1n) is 5.48. The van der Waals surface area contributed by atoms with Crippen LogP contribution in [0.5, 0.6) is 0 Å². The van der Waals surface area contributed by atoms with Crippen LogP contribution < -0.4 is 5.32 Å². The maximum absolute atomic E-state index is 11.6. The van der Waals surface area contributed by atoms with Gasteiger partial charge in [-0.15, -0.1) is 0 Å². The summed E-state index contributed by atoms with van der Waals surface area (Å²) in [5.41, 5.74) is -0.636. The van der Waals surface area contributed by atoms with Gasteiger partial charge in [0.2, 0.25) is 0 Å². The molecule has 1 N–H and O–H groups in total. The predicted octanol–water partition coefficient (Wildman–Crippen LogP) is 0.106. The van der Waals surface area contributed by atoms with Gasteiger partial charge in [0.1, 0.15) is 0 Å². The van der Waals surface area contributed by atoms with Crippen LogP contribution in [0.4, 0.5) is 0 Å². The van der Waals surface area contributed by atoms with Crippen LogP contribution in [0.3, 0.4) is 0 Å². The molecule has 0 spiro atoms. The van der Waals surface area contributed by atoms with Crippen LogP contribution >= 0.6 is 0 Å². The van der Waals surface area contributed by atoms with Gasteiger partial charge >= 0.3 is 5.97 Å². The molecule has 0 bridgehead atoms. The summed E-state index contributed by atoms with van der Waals surface area (Å²) < 4.78 is 28.0. The van der Waals surface area contributed by atoms with E-state index < -0.39 is 15.4 Å². The molecular formula is C10H19NO4S. The summed E-state index contributed by atoms with van der Waals surface area (Å²) in [6.07, 6.45) is 1.42. The number of hydrogen-bond acceptors (Lipinski definition) is 5. The third-order valence-corrected chi connectivity index (χ3v) is 4.83. The van der Waals surface area contributed by atoms with E-state index in [1.165, 1.54) is 0 Å². The highest BCUT2D eigenvalue weighted by atomic mass is 32.2. The van der Waals surface area contributed by atoms with Gasteiger partial charge in [-0.3, -0.25) is 4.79 Å². The molecule has 16 heavy (non-hydrogen) atoms. The minimum Gasteiger partial charge on any atom is -0.466 e. The van der Waals surface area contributed by atoms with Crippen molar-refractivity contribution in [2.45, 2.75) is 31.7 Å². The fourth-order valence-corrected chi connectivity index (χ4v) is 4.07. The Morgan fingerprint density at radius 3 is 2.69 bits per heavy atom. The van der Waals surface area contributed by atoms with Gasteiger partial charge in [0.05, 0.1) is 24.5 Å². The molecule has 1 unspecified atom stereocenters. The quantitative estimate of drug-likeness (QED) is 0.716. The first-order chi connectivity index (χ1) is 7.43. The van der Waals surface area contributed by atoms with Crippen molar-refractivity contribution in [3.05, 3.63) is 0 Å². The fraction of sp³-hybridized carbons (Fsp3) is 0.900. The van der Waals surface area contributed by atoms with Crippen molar-refractivity contribution in [1.82, 2.24) is 5.32 Å². The lowest BCUT2D eigenvalue weighted by molar-refractivity contribution is -0.144. The molecule has 0 aromatic carbocycles.